The Bertz CT molecular complexity index is 1040. The minimum Gasteiger partial charge on any atom is -0.352 e. The molecule has 1 aromatic heterocycles. The number of amides is 1. The van der Waals surface area contributed by atoms with Gasteiger partial charge in [0, 0.05) is 51.2 Å². The molecule has 1 fully saturated rings. The van der Waals surface area contributed by atoms with Gasteiger partial charge in [-0.1, -0.05) is 36.4 Å². The second kappa shape index (κ2) is 10.6. The predicted octanol–water partition coefficient (Wildman–Crippen LogP) is 3.31. The topological polar surface area (TPSA) is 74.6 Å². The number of rotatable bonds is 7. The van der Waals surface area contributed by atoms with Gasteiger partial charge in [0.1, 0.15) is 0 Å². The summed E-state index contributed by atoms with van der Waals surface area (Å²) in [5.74, 6) is 0.966. The smallest absolute Gasteiger partial charge is 0.226 e. The van der Waals surface area contributed by atoms with Gasteiger partial charge in [0.25, 0.3) is 0 Å². The fourth-order valence-corrected chi connectivity index (χ4v) is 3.91. The van der Waals surface area contributed by atoms with Crippen LogP contribution in [0.25, 0.3) is 0 Å². The maximum Gasteiger partial charge on any atom is 0.226 e. The van der Waals surface area contributed by atoms with Crippen molar-refractivity contribution in [1.82, 2.24) is 20.4 Å². The SMILES string of the molecule is CN=C(NCc1ccc(N2CCCCC2=O)cc1)NCc1ccccc1Cn1cccn1. The fraction of sp³-hybridized carbons (Fsp3) is 0.320. The zero-order valence-electron chi connectivity index (χ0n) is 18.5. The van der Waals surface area contributed by atoms with E-state index in [2.05, 4.69) is 57.1 Å². The van der Waals surface area contributed by atoms with E-state index in [0.717, 1.165) is 43.1 Å². The molecule has 1 saturated heterocycles. The average molecular weight is 431 g/mol. The molecule has 1 amide bonds. The number of benzene rings is 2. The minimum atomic E-state index is 0.222. The summed E-state index contributed by atoms with van der Waals surface area (Å²) in [6.45, 7) is 2.88. The Balaban J connectivity index is 1.31. The minimum absolute atomic E-state index is 0.222. The lowest BCUT2D eigenvalue weighted by Crippen LogP contribution is -2.36. The van der Waals surface area contributed by atoms with Crippen molar-refractivity contribution in [3.8, 4) is 0 Å². The van der Waals surface area contributed by atoms with E-state index in [1.165, 1.54) is 11.1 Å². The molecule has 7 nitrogen and oxygen atoms in total. The van der Waals surface area contributed by atoms with Crippen molar-refractivity contribution in [2.75, 3.05) is 18.5 Å². The molecule has 7 heteroatoms. The first-order chi connectivity index (χ1) is 15.7. The summed E-state index contributed by atoms with van der Waals surface area (Å²) in [5, 5.41) is 11.1. The van der Waals surface area contributed by atoms with Crippen LogP contribution in [0.2, 0.25) is 0 Å². The van der Waals surface area contributed by atoms with Crippen molar-refractivity contribution in [3.63, 3.8) is 0 Å². The Hall–Kier alpha value is -3.61. The number of anilines is 1. The molecule has 1 aliphatic heterocycles. The number of hydrogen-bond donors (Lipinski definition) is 2. The molecule has 32 heavy (non-hydrogen) atoms. The molecule has 3 aromatic rings. The third-order valence-electron chi connectivity index (χ3n) is 5.71. The van der Waals surface area contributed by atoms with E-state index < -0.39 is 0 Å². The maximum atomic E-state index is 12.1. The highest BCUT2D eigenvalue weighted by atomic mass is 16.2. The van der Waals surface area contributed by atoms with Crippen LogP contribution >= 0.6 is 0 Å². The third-order valence-corrected chi connectivity index (χ3v) is 5.71. The summed E-state index contributed by atoms with van der Waals surface area (Å²) in [5.41, 5.74) is 4.55. The molecule has 2 N–H and O–H groups in total. The first-order valence-corrected chi connectivity index (χ1v) is 11.1. The summed E-state index contributed by atoms with van der Waals surface area (Å²) in [6.07, 6.45) is 6.48. The molecule has 2 heterocycles. The van der Waals surface area contributed by atoms with E-state index in [0.29, 0.717) is 19.5 Å². The number of carbonyl (C=O) groups excluding carboxylic acids is 1. The number of guanidine groups is 1. The van der Waals surface area contributed by atoms with E-state index in [4.69, 9.17) is 0 Å². The van der Waals surface area contributed by atoms with Crippen molar-refractivity contribution in [2.45, 2.75) is 38.9 Å². The molecule has 166 valence electrons. The normalized spacial score (nSPS) is 14.5. The Kier molecular flexibility index (Phi) is 7.17. The molecule has 0 bridgehead atoms. The highest BCUT2D eigenvalue weighted by Crippen LogP contribution is 2.21. The second-order valence-corrected chi connectivity index (χ2v) is 7.92. The van der Waals surface area contributed by atoms with Crippen LogP contribution in [-0.2, 0) is 24.4 Å². The van der Waals surface area contributed by atoms with E-state index in [9.17, 15) is 4.79 Å². The van der Waals surface area contributed by atoms with Crippen LogP contribution in [0.3, 0.4) is 0 Å². The first-order valence-electron chi connectivity index (χ1n) is 11.1. The molecular formula is C25H30N6O. The fourth-order valence-electron chi connectivity index (χ4n) is 3.91. The molecule has 0 unspecified atom stereocenters. The lowest BCUT2D eigenvalue weighted by molar-refractivity contribution is -0.119. The van der Waals surface area contributed by atoms with Crippen LogP contribution in [0.4, 0.5) is 5.69 Å². The van der Waals surface area contributed by atoms with Crippen molar-refractivity contribution < 1.29 is 4.79 Å². The van der Waals surface area contributed by atoms with Gasteiger partial charge >= 0.3 is 0 Å². The molecule has 0 saturated carbocycles. The number of nitrogens with zero attached hydrogens (tertiary/aromatic N) is 4. The lowest BCUT2D eigenvalue weighted by atomic mass is 10.1. The number of aliphatic imine (C=N–C) groups is 1. The van der Waals surface area contributed by atoms with Crippen molar-refractivity contribution >= 4 is 17.6 Å². The van der Waals surface area contributed by atoms with E-state index in [-0.39, 0.29) is 5.91 Å². The number of nitrogens with one attached hydrogen (secondary N) is 2. The summed E-state index contributed by atoms with van der Waals surface area (Å²) in [6, 6.07) is 18.5. The van der Waals surface area contributed by atoms with Crippen LogP contribution in [0.1, 0.15) is 36.0 Å². The predicted molar refractivity (Wildman–Crippen MR) is 127 cm³/mol. The third kappa shape index (κ3) is 5.55. The molecule has 4 rings (SSSR count). The summed E-state index contributed by atoms with van der Waals surface area (Å²) in [4.78, 5) is 18.4. The largest absolute Gasteiger partial charge is 0.352 e. The Morgan fingerprint density at radius 3 is 2.50 bits per heavy atom. The monoisotopic (exact) mass is 430 g/mol. The molecule has 0 aliphatic carbocycles. The second-order valence-electron chi connectivity index (χ2n) is 7.92. The van der Waals surface area contributed by atoms with Gasteiger partial charge in [-0.25, -0.2) is 0 Å². The quantitative estimate of drug-likeness (QED) is 0.446. The van der Waals surface area contributed by atoms with Gasteiger partial charge in [0.05, 0.1) is 6.54 Å². The van der Waals surface area contributed by atoms with Gasteiger partial charge in [-0.3, -0.25) is 14.5 Å². The van der Waals surface area contributed by atoms with Crippen LogP contribution in [0, 0.1) is 0 Å². The zero-order chi connectivity index (χ0) is 22.2. The standard InChI is InChI=1S/C25H30N6O/c1-26-25(28-18-21-7-2-3-8-22(21)19-30-15-6-14-29-30)27-17-20-10-12-23(13-11-20)31-16-5-4-9-24(31)32/h2-3,6-8,10-15H,4-5,9,16-19H2,1H3,(H2,26,27,28). The maximum absolute atomic E-state index is 12.1. The molecule has 0 spiro atoms. The highest BCUT2D eigenvalue weighted by molar-refractivity contribution is 5.93. The summed E-state index contributed by atoms with van der Waals surface area (Å²) >= 11 is 0. The molecule has 2 aromatic carbocycles. The van der Waals surface area contributed by atoms with Crippen molar-refractivity contribution in [1.29, 1.82) is 0 Å². The number of carbonyl (C=O) groups is 1. The van der Waals surface area contributed by atoms with Crippen LogP contribution < -0.4 is 15.5 Å². The van der Waals surface area contributed by atoms with Crippen molar-refractivity contribution in [2.24, 2.45) is 4.99 Å². The Morgan fingerprint density at radius 2 is 1.78 bits per heavy atom. The number of piperidine rings is 1. The summed E-state index contributed by atoms with van der Waals surface area (Å²) < 4.78 is 1.92. The number of hydrogen-bond acceptors (Lipinski definition) is 3. The number of aromatic nitrogens is 2. The van der Waals surface area contributed by atoms with Gasteiger partial charge < -0.3 is 15.5 Å². The van der Waals surface area contributed by atoms with Crippen LogP contribution in [0.5, 0.6) is 0 Å². The molecule has 0 radical (unpaired) electrons. The van der Waals surface area contributed by atoms with E-state index in [1.54, 1.807) is 13.2 Å². The van der Waals surface area contributed by atoms with Gasteiger partial charge in [0.2, 0.25) is 5.91 Å². The van der Waals surface area contributed by atoms with E-state index in [1.807, 2.05) is 34.0 Å². The molecule has 1 aliphatic rings. The Morgan fingerprint density at radius 1 is 1.00 bits per heavy atom. The summed E-state index contributed by atoms with van der Waals surface area (Å²) in [7, 11) is 1.77. The first kappa shape index (κ1) is 21.6. The average Bonchev–Trinajstić information content (AvgIpc) is 3.34. The Labute approximate surface area is 189 Å². The van der Waals surface area contributed by atoms with Crippen molar-refractivity contribution in [3.05, 3.63) is 83.7 Å². The van der Waals surface area contributed by atoms with Crippen LogP contribution in [-0.4, -0.2) is 35.2 Å². The van der Waals surface area contributed by atoms with Gasteiger partial charge in [-0.2, -0.15) is 5.10 Å². The lowest BCUT2D eigenvalue weighted by Gasteiger charge is -2.26. The van der Waals surface area contributed by atoms with Gasteiger partial charge in [-0.05, 0) is 47.7 Å². The molecular weight excluding hydrogens is 400 g/mol. The van der Waals surface area contributed by atoms with E-state index >= 15 is 0 Å². The molecule has 0 atom stereocenters. The highest BCUT2D eigenvalue weighted by Gasteiger charge is 2.19. The zero-order valence-corrected chi connectivity index (χ0v) is 18.5. The van der Waals surface area contributed by atoms with Gasteiger partial charge in [-0.15, -0.1) is 0 Å². The van der Waals surface area contributed by atoms with Gasteiger partial charge in [0.15, 0.2) is 5.96 Å². The van der Waals surface area contributed by atoms with Crippen LogP contribution in [0.15, 0.2) is 72.0 Å².